The molecule has 2 amide bonds. The summed E-state index contributed by atoms with van der Waals surface area (Å²) in [6, 6.07) is 3.98. The van der Waals surface area contributed by atoms with E-state index < -0.39 is 29.8 Å². The van der Waals surface area contributed by atoms with Crippen molar-refractivity contribution in [3.63, 3.8) is 0 Å². The molecule has 1 heterocycles. The van der Waals surface area contributed by atoms with Crippen LogP contribution in [0.15, 0.2) is 18.2 Å². The molecule has 0 unspecified atom stereocenters. The molecule has 148 valence electrons. The van der Waals surface area contributed by atoms with Crippen molar-refractivity contribution >= 4 is 29.3 Å². The van der Waals surface area contributed by atoms with E-state index in [2.05, 4.69) is 0 Å². The van der Waals surface area contributed by atoms with E-state index in [4.69, 9.17) is 4.74 Å². The van der Waals surface area contributed by atoms with Crippen LogP contribution in [-0.2, 0) is 19.1 Å². The topological polar surface area (TPSA) is 124 Å². The Balaban J connectivity index is 1.58. The van der Waals surface area contributed by atoms with Gasteiger partial charge in [-0.05, 0) is 19.8 Å². The fourth-order valence-electron chi connectivity index (χ4n) is 3.77. The molecule has 0 bridgehead atoms. The summed E-state index contributed by atoms with van der Waals surface area (Å²) in [4.78, 5) is 60.2. The molecule has 1 aromatic carbocycles. The number of carbonyl (C=O) groups is 4. The van der Waals surface area contributed by atoms with Gasteiger partial charge in [-0.15, -0.1) is 0 Å². The molecule has 1 saturated heterocycles. The summed E-state index contributed by atoms with van der Waals surface area (Å²) in [6.07, 6.45) is 3.06. The van der Waals surface area contributed by atoms with Gasteiger partial charge in [-0.1, -0.05) is 25.0 Å². The maximum Gasteiger partial charge on any atom is 0.326 e. The molecule has 0 radical (unpaired) electrons. The van der Waals surface area contributed by atoms with Gasteiger partial charge in [-0.3, -0.25) is 34.2 Å². The summed E-state index contributed by atoms with van der Waals surface area (Å²) in [6.45, 7) is 0.405. The Morgan fingerprint density at radius 1 is 1.18 bits per heavy atom. The minimum absolute atomic E-state index is 0.0458. The Morgan fingerprint density at radius 2 is 1.79 bits per heavy atom. The Labute approximate surface area is 160 Å². The summed E-state index contributed by atoms with van der Waals surface area (Å²) >= 11 is 0. The number of esters is 1. The predicted octanol–water partition coefficient (Wildman–Crippen LogP) is 1.80. The van der Waals surface area contributed by atoms with Gasteiger partial charge in [-0.2, -0.15) is 0 Å². The first-order valence-corrected chi connectivity index (χ1v) is 9.08. The van der Waals surface area contributed by atoms with Crippen LogP contribution in [0.3, 0.4) is 0 Å². The number of nitro groups is 1. The molecule has 1 aliphatic carbocycles. The first-order valence-electron chi connectivity index (χ1n) is 9.08. The van der Waals surface area contributed by atoms with Gasteiger partial charge >= 0.3 is 5.97 Å². The quantitative estimate of drug-likeness (QED) is 0.239. The van der Waals surface area contributed by atoms with Gasteiger partial charge in [0.15, 0.2) is 6.61 Å². The number of likely N-dealkylation sites (tertiary alicyclic amines) is 1. The van der Waals surface area contributed by atoms with Crippen molar-refractivity contribution in [2.75, 3.05) is 13.2 Å². The highest BCUT2D eigenvalue weighted by molar-refractivity contribution is 6.07. The van der Waals surface area contributed by atoms with Crippen LogP contribution in [-0.4, -0.2) is 46.5 Å². The molecule has 28 heavy (non-hydrogen) atoms. The highest BCUT2D eigenvalue weighted by Gasteiger charge is 2.48. The molecule has 9 heteroatoms. The second-order valence-corrected chi connectivity index (χ2v) is 7.10. The van der Waals surface area contributed by atoms with Crippen LogP contribution in [0, 0.1) is 28.9 Å². The van der Waals surface area contributed by atoms with Gasteiger partial charge in [0.2, 0.25) is 17.6 Å². The molecule has 3 rings (SSSR count). The van der Waals surface area contributed by atoms with E-state index in [1.807, 2.05) is 0 Å². The maximum absolute atomic E-state index is 12.3. The third-order valence-electron chi connectivity index (χ3n) is 5.31. The van der Waals surface area contributed by atoms with Crippen LogP contribution in [0.5, 0.6) is 0 Å². The Bertz CT molecular complexity index is 840. The van der Waals surface area contributed by atoms with Crippen molar-refractivity contribution in [2.24, 2.45) is 11.8 Å². The monoisotopic (exact) mass is 388 g/mol. The van der Waals surface area contributed by atoms with Gasteiger partial charge in [0.1, 0.15) is 6.54 Å². The number of benzene rings is 1. The lowest BCUT2D eigenvalue weighted by Gasteiger charge is -2.19. The number of ether oxygens (including phenoxy) is 1. The Morgan fingerprint density at radius 3 is 2.36 bits per heavy atom. The smallest absolute Gasteiger partial charge is 0.326 e. The molecule has 1 saturated carbocycles. The summed E-state index contributed by atoms with van der Waals surface area (Å²) in [5.74, 6) is -2.90. The molecule has 1 aromatic rings. The van der Waals surface area contributed by atoms with Crippen molar-refractivity contribution in [3.8, 4) is 0 Å². The van der Waals surface area contributed by atoms with Gasteiger partial charge in [0.05, 0.1) is 16.8 Å². The number of fused-ring (bicyclic) bond motifs is 1. The number of carbonyl (C=O) groups excluding carboxylic acids is 4. The number of hydrogen-bond donors (Lipinski definition) is 0. The molecular weight excluding hydrogens is 368 g/mol. The van der Waals surface area contributed by atoms with Crippen molar-refractivity contribution in [1.29, 1.82) is 0 Å². The maximum atomic E-state index is 12.3. The zero-order chi connectivity index (χ0) is 20.4. The van der Waals surface area contributed by atoms with E-state index >= 15 is 0 Å². The third kappa shape index (κ3) is 3.78. The third-order valence-corrected chi connectivity index (χ3v) is 5.31. The van der Waals surface area contributed by atoms with E-state index in [9.17, 15) is 29.3 Å². The molecule has 0 N–H and O–H groups in total. The molecule has 0 aromatic heterocycles. The van der Waals surface area contributed by atoms with Crippen LogP contribution in [0.2, 0.25) is 0 Å². The molecule has 0 spiro atoms. The molecule has 1 aliphatic heterocycles. The average molecular weight is 388 g/mol. The van der Waals surface area contributed by atoms with Crippen LogP contribution >= 0.6 is 0 Å². The number of ketones is 1. The van der Waals surface area contributed by atoms with E-state index in [0.29, 0.717) is 18.4 Å². The van der Waals surface area contributed by atoms with Gasteiger partial charge in [-0.25, -0.2) is 0 Å². The number of nitro benzene ring substituents is 1. The highest BCUT2D eigenvalue weighted by Crippen LogP contribution is 2.37. The van der Waals surface area contributed by atoms with Crippen molar-refractivity contribution in [3.05, 3.63) is 39.4 Å². The highest BCUT2D eigenvalue weighted by atomic mass is 16.6. The van der Waals surface area contributed by atoms with E-state index in [1.165, 1.54) is 12.1 Å². The number of imide groups is 1. The summed E-state index contributed by atoms with van der Waals surface area (Å²) in [5.41, 5.74) is 0.253. The molecule has 2 fully saturated rings. The second-order valence-electron chi connectivity index (χ2n) is 7.10. The van der Waals surface area contributed by atoms with E-state index in [1.54, 1.807) is 6.92 Å². The number of nitrogens with zero attached hydrogens (tertiary/aromatic N) is 2. The molecule has 9 nitrogen and oxygen atoms in total. The zero-order valence-corrected chi connectivity index (χ0v) is 15.4. The average Bonchev–Trinajstić information content (AvgIpc) is 2.91. The predicted molar refractivity (Wildman–Crippen MR) is 95.3 cm³/mol. The largest absolute Gasteiger partial charge is 0.456 e. The number of hydrogen-bond acceptors (Lipinski definition) is 7. The van der Waals surface area contributed by atoms with Crippen LogP contribution < -0.4 is 0 Å². The van der Waals surface area contributed by atoms with Crippen LogP contribution in [0.1, 0.15) is 41.6 Å². The Kier molecular flexibility index (Phi) is 5.53. The fraction of sp³-hybridized carbons (Fsp3) is 0.474. The standard InChI is InChI=1S/C19H20N2O7/c1-11-6-7-12(8-15(11)21(26)27)16(22)10-28-17(23)9-20-18(24)13-4-2-3-5-14(13)19(20)25/h6-8,13-14H,2-5,9-10H2,1H3/t13-,14-/m1/s1. The normalized spacial score (nSPS) is 21.4. The lowest BCUT2D eigenvalue weighted by molar-refractivity contribution is -0.385. The molecular formula is C19H20N2O7. The van der Waals surface area contributed by atoms with Gasteiger partial charge < -0.3 is 4.74 Å². The SMILES string of the molecule is Cc1ccc(C(=O)COC(=O)CN2C(=O)[C@@H]3CCCC[C@H]3C2=O)cc1[N+](=O)[O-]. The Hall–Kier alpha value is -3.10. The van der Waals surface area contributed by atoms with Crippen molar-refractivity contribution in [2.45, 2.75) is 32.6 Å². The summed E-state index contributed by atoms with van der Waals surface area (Å²) in [7, 11) is 0. The van der Waals surface area contributed by atoms with Crippen LogP contribution in [0.25, 0.3) is 0 Å². The lowest BCUT2D eigenvalue weighted by Crippen LogP contribution is -2.37. The van der Waals surface area contributed by atoms with Crippen molar-refractivity contribution < 1.29 is 28.8 Å². The fourth-order valence-corrected chi connectivity index (χ4v) is 3.77. The second kappa shape index (κ2) is 7.87. The van der Waals surface area contributed by atoms with E-state index in [0.717, 1.165) is 23.8 Å². The number of rotatable bonds is 6. The summed E-state index contributed by atoms with van der Waals surface area (Å²) < 4.78 is 4.90. The van der Waals surface area contributed by atoms with Crippen molar-refractivity contribution in [1.82, 2.24) is 4.90 Å². The molecule has 2 atom stereocenters. The summed E-state index contributed by atoms with van der Waals surface area (Å²) in [5, 5.41) is 11.0. The zero-order valence-electron chi connectivity index (χ0n) is 15.4. The number of aryl methyl sites for hydroxylation is 1. The van der Waals surface area contributed by atoms with Gasteiger partial charge in [0, 0.05) is 17.2 Å². The minimum Gasteiger partial charge on any atom is -0.456 e. The first-order chi connectivity index (χ1) is 13.3. The van der Waals surface area contributed by atoms with Crippen LogP contribution in [0.4, 0.5) is 5.69 Å². The first kappa shape index (κ1) is 19.7. The van der Waals surface area contributed by atoms with Gasteiger partial charge in [0.25, 0.3) is 5.69 Å². The number of amides is 2. The minimum atomic E-state index is -0.865. The molecule has 2 aliphatic rings. The lowest BCUT2D eigenvalue weighted by atomic mass is 9.81. The van der Waals surface area contributed by atoms with E-state index in [-0.39, 0.29) is 34.9 Å². The number of Topliss-reactive ketones (excluding diaryl/α,β-unsaturated/α-hetero) is 1.